The molecule has 1 aromatic carbocycles. The summed E-state index contributed by atoms with van der Waals surface area (Å²) >= 11 is 0. The van der Waals surface area contributed by atoms with Crippen LogP contribution >= 0.6 is 0 Å². The minimum atomic E-state index is -0.463. The Labute approximate surface area is 107 Å². The van der Waals surface area contributed by atoms with Crippen LogP contribution in [0.2, 0.25) is 0 Å². The van der Waals surface area contributed by atoms with Crippen molar-refractivity contribution in [2.75, 3.05) is 0 Å². The maximum Gasteiger partial charge on any atom is 0.243 e. The zero-order valence-electron chi connectivity index (χ0n) is 10.6. The molecule has 0 saturated carbocycles. The number of rotatable bonds is 3. The van der Waals surface area contributed by atoms with Gasteiger partial charge in [0.05, 0.1) is 0 Å². The molecule has 0 unspecified atom stereocenters. The van der Waals surface area contributed by atoms with E-state index in [2.05, 4.69) is 10.6 Å². The molecular formula is C14H18N2O2. The number of benzene rings is 1. The Balaban J connectivity index is 2.04. The fourth-order valence-corrected chi connectivity index (χ4v) is 2.11. The molecule has 96 valence electrons. The van der Waals surface area contributed by atoms with Crippen LogP contribution < -0.4 is 10.6 Å². The summed E-state index contributed by atoms with van der Waals surface area (Å²) < 4.78 is 0. The first kappa shape index (κ1) is 12.6. The summed E-state index contributed by atoms with van der Waals surface area (Å²) in [7, 11) is 0. The molecule has 0 radical (unpaired) electrons. The largest absolute Gasteiger partial charge is 0.342 e. The van der Waals surface area contributed by atoms with Gasteiger partial charge in [-0.05, 0) is 11.5 Å². The zero-order valence-corrected chi connectivity index (χ0v) is 10.6. The van der Waals surface area contributed by atoms with Crippen molar-refractivity contribution in [3.63, 3.8) is 0 Å². The predicted molar refractivity (Wildman–Crippen MR) is 68.8 cm³/mol. The second-order valence-corrected chi connectivity index (χ2v) is 4.98. The van der Waals surface area contributed by atoms with E-state index in [-0.39, 0.29) is 17.7 Å². The molecule has 2 rings (SSSR count). The molecule has 18 heavy (non-hydrogen) atoms. The third kappa shape index (κ3) is 2.70. The van der Waals surface area contributed by atoms with Gasteiger partial charge in [-0.3, -0.25) is 9.59 Å². The highest BCUT2D eigenvalue weighted by Crippen LogP contribution is 2.10. The molecule has 1 saturated heterocycles. The lowest BCUT2D eigenvalue weighted by Crippen LogP contribution is -2.63. The number of amides is 2. The second-order valence-electron chi connectivity index (χ2n) is 4.98. The van der Waals surface area contributed by atoms with Crippen molar-refractivity contribution in [3.05, 3.63) is 35.9 Å². The molecule has 2 amide bonds. The molecule has 1 heterocycles. The Bertz CT molecular complexity index is 442. The number of piperazine rings is 1. The Morgan fingerprint density at radius 3 is 2.33 bits per heavy atom. The summed E-state index contributed by atoms with van der Waals surface area (Å²) in [6, 6.07) is 8.81. The molecule has 0 aliphatic carbocycles. The number of hydrogen-bond donors (Lipinski definition) is 2. The number of nitrogens with one attached hydrogen (secondary N) is 2. The molecule has 2 atom stereocenters. The van der Waals surface area contributed by atoms with E-state index in [9.17, 15) is 9.59 Å². The van der Waals surface area contributed by atoms with Crippen molar-refractivity contribution in [2.24, 2.45) is 5.92 Å². The lowest BCUT2D eigenvalue weighted by Gasteiger charge is -2.31. The van der Waals surface area contributed by atoms with Crippen molar-refractivity contribution < 1.29 is 9.59 Å². The summed E-state index contributed by atoms with van der Waals surface area (Å²) in [4.78, 5) is 23.8. The molecule has 2 N–H and O–H groups in total. The summed E-state index contributed by atoms with van der Waals surface area (Å²) in [5, 5.41) is 5.58. The first-order valence-corrected chi connectivity index (χ1v) is 6.22. The van der Waals surface area contributed by atoms with Crippen molar-refractivity contribution in [1.29, 1.82) is 0 Å². The van der Waals surface area contributed by atoms with Gasteiger partial charge in [0.2, 0.25) is 11.8 Å². The lowest BCUT2D eigenvalue weighted by molar-refractivity contribution is -0.137. The minimum Gasteiger partial charge on any atom is -0.342 e. The summed E-state index contributed by atoms with van der Waals surface area (Å²) in [5.74, 6) is -0.0886. The molecule has 0 spiro atoms. The average Bonchev–Trinajstić information content (AvgIpc) is 2.34. The Morgan fingerprint density at radius 2 is 1.72 bits per heavy atom. The van der Waals surface area contributed by atoms with Gasteiger partial charge in [-0.1, -0.05) is 44.2 Å². The first-order valence-electron chi connectivity index (χ1n) is 6.22. The topological polar surface area (TPSA) is 58.2 Å². The maximum atomic E-state index is 11.9. The van der Waals surface area contributed by atoms with Gasteiger partial charge in [-0.25, -0.2) is 0 Å². The fourth-order valence-electron chi connectivity index (χ4n) is 2.11. The molecule has 1 fully saturated rings. The van der Waals surface area contributed by atoms with E-state index in [1.54, 1.807) is 0 Å². The summed E-state index contributed by atoms with van der Waals surface area (Å²) in [6.45, 7) is 3.84. The van der Waals surface area contributed by atoms with Crippen molar-refractivity contribution >= 4 is 11.8 Å². The van der Waals surface area contributed by atoms with Crippen LogP contribution in [-0.2, 0) is 16.0 Å². The Morgan fingerprint density at radius 1 is 1.06 bits per heavy atom. The van der Waals surface area contributed by atoms with E-state index in [4.69, 9.17) is 0 Å². The van der Waals surface area contributed by atoms with Gasteiger partial charge in [0.15, 0.2) is 0 Å². The Hall–Kier alpha value is -1.84. The van der Waals surface area contributed by atoms with Gasteiger partial charge >= 0.3 is 0 Å². The first-order chi connectivity index (χ1) is 8.58. The molecule has 1 aromatic rings. The normalized spacial score (nSPS) is 23.7. The molecule has 0 bridgehead atoms. The van der Waals surface area contributed by atoms with E-state index in [0.717, 1.165) is 5.56 Å². The second kappa shape index (κ2) is 5.21. The smallest absolute Gasteiger partial charge is 0.243 e. The zero-order chi connectivity index (χ0) is 13.1. The molecule has 1 aliphatic rings. The third-order valence-corrected chi connectivity index (χ3v) is 3.16. The van der Waals surface area contributed by atoms with Crippen LogP contribution in [0.1, 0.15) is 19.4 Å². The lowest BCUT2D eigenvalue weighted by atomic mass is 9.97. The highest BCUT2D eigenvalue weighted by atomic mass is 16.2. The van der Waals surface area contributed by atoms with Gasteiger partial charge in [-0.2, -0.15) is 0 Å². The van der Waals surface area contributed by atoms with Crippen molar-refractivity contribution in [1.82, 2.24) is 10.6 Å². The van der Waals surface area contributed by atoms with E-state index < -0.39 is 12.1 Å². The van der Waals surface area contributed by atoms with Crippen LogP contribution in [0.5, 0.6) is 0 Å². The van der Waals surface area contributed by atoms with Gasteiger partial charge < -0.3 is 10.6 Å². The van der Waals surface area contributed by atoms with E-state index in [1.165, 1.54) is 0 Å². The highest BCUT2D eigenvalue weighted by molar-refractivity contribution is 5.97. The van der Waals surface area contributed by atoms with Crippen LogP contribution in [0.15, 0.2) is 30.3 Å². The van der Waals surface area contributed by atoms with Gasteiger partial charge in [-0.15, -0.1) is 0 Å². The predicted octanol–water partition coefficient (Wildman–Crippen LogP) is 0.868. The fraction of sp³-hybridized carbons (Fsp3) is 0.429. The molecule has 0 aromatic heterocycles. The Kier molecular flexibility index (Phi) is 3.65. The van der Waals surface area contributed by atoms with Crippen LogP contribution in [0.25, 0.3) is 0 Å². The number of carbonyl (C=O) groups excluding carboxylic acids is 2. The van der Waals surface area contributed by atoms with Crippen LogP contribution in [-0.4, -0.2) is 23.9 Å². The molecule has 4 nitrogen and oxygen atoms in total. The number of carbonyl (C=O) groups is 2. The monoisotopic (exact) mass is 246 g/mol. The third-order valence-electron chi connectivity index (χ3n) is 3.16. The SMILES string of the molecule is CC(C)[C@H]1NC(=O)[C@@H](Cc2ccccc2)NC1=O. The van der Waals surface area contributed by atoms with Crippen LogP contribution in [0.4, 0.5) is 0 Å². The quantitative estimate of drug-likeness (QED) is 0.831. The molecular weight excluding hydrogens is 228 g/mol. The van der Waals surface area contributed by atoms with Crippen molar-refractivity contribution in [2.45, 2.75) is 32.4 Å². The van der Waals surface area contributed by atoms with Gasteiger partial charge in [0.1, 0.15) is 12.1 Å². The molecule has 1 aliphatic heterocycles. The van der Waals surface area contributed by atoms with Crippen LogP contribution in [0.3, 0.4) is 0 Å². The van der Waals surface area contributed by atoms with Crippen molar-refractivity contribution in [3.8, 4) is 0 Å². The van der Waals surface area contributed by atoms with Crippen LogP contribution in [0, 0.1) is 5.92 Å². The summed E-state index contributed by atoms with van der Waals surface area (Å²) in [6.07, 6.45) is 0.531. The molecule has 4 heteroatoms. The maximum absolute atomic E-state index is 11.9. The standard InChI is InChI=1S/C14H18N2O2/c1-9(2)12-14(18)15-11(13(17)16-12)8-10-6-4-3-5-7-10/h3-7,9,11-12H,8H2,1-2H3,(H,15,18)(H,16,17)/t11-,12-/m1/s1. The van der Waals surface area contributed by atoms with Gasteiger partial charge in [0.25, 0.3) is 0 Å². The van der Waals surface area contributed by atoms with Gasteiger partial charge in [0, 0.05) is 6.42 Å². The number of hydrogen-bond acceptors (Lipinski definition) is 2. The minimum absolute atomic E-state index is 0.0921. The average molecular weight is 246 g/mol. The summed E-state index contributed by atoms with van der Waals surface area (Å²) in [5.41, 5.74) is 1.04. The van der Waals surface area contributed by atoms with E-state index >= 15 is 0 Å². The van der Waals surface area contributed by atoms with E-state index in [1.807, 2.05) is 44.2 Å². The van der Waals surface area contributed by atoms with E-state index in [0.29, 0.717) is 6.42 Å². The highest BCUT2D eigenvalue weighted by Gasteiger charge is 2.34.